The Morgan fingerprint density at radius 2 is 2.09 bits per heavy atom. The van der Waals surface area contributed by atoms with Crippen LogP contribution in [0.25, 0.3) is 0 Å². The van der Waals surface area contributed by atoms with Crippen LogP contribution in [0.2, 0.25) is 0 Å². The number of nitrogens with one attached hydrogen (secondary N) is 2. The number of hydrogen-bond donors (Lipinski definition) is 2. The molecule has 1 aliphatic carbocycles. The number of nitrogens with zero attached hydrogens (tertiary/aromatic N) is 3. The topological polar surface area (TPSA) is 87.2 Å². The molecule has 4 rings (SSSR count). The van der Waals surface area contributed by atoms with Gasteiger partial charge in [0.1, 0.15) is 15.0 Å². The zero-order chi connectivity index (χ0) is 24.6. The summed E-state index contributed by atoms with van der Waals surface area (Å²) in [5.74, 6) is 1.58. The van der Waals surface area contributed by atoms with E-state index in [1.54, 1.807) is 24.0 Å². The Morgan fingerprint density at radius 1 is 1.29 bits per heavy atom. The van der Waals surface area contributed by atoms with Gasteiger partial charge in [-0.25, -0.2) is 9.97 Å². The van der Waals surface area contributed by atoms with Gasteiger partial charge in [-0.15, -0.1) is 29.7 Å². The number of rotatable bonds is 10. The van der Waals surface area contributed by atoms with Crippen molar-refractivity contribution in [3.63, 3.8) is 0 Å². The molecule has 0 radical (unpaired) electrons. The van der Waals surface area contributed by atoms with E-state index in [0.29, 0.717) is 42.7 Å². The van der Waals surface area contributed by atoms with Gasteiger partial charge in [-0.3, -0.25) is 9.59 Å². The van der Waals surface area contributed by atoms with Crippen LogP contribution in [0.3, 0.4) is 0 Å². The van der Waals surface area contributed by atoms with Crippen LogP contribution >= 0.6 is 47.1 Å². The van der Waals surface area contributed by atoms with E-state index in [4.69, 9.17) is 12.2 Å². The van der Waals surface area contributed by atoms with E-state index in [0.717, 1.165) is 32.9 Å². The SMILES string of the molecule is C=CCSc1ncccc1C(=O)N1CCC(c2nc(C(=O)NCCSC(=S)NC3CC3)cs2)CC1. The maximum atomic E-state index is 13.1. The maximum absolute atomic E-state index is 13.1. The number of likely N-dealkylation sites (tertiary alicyclic amines) is 1. The zero-order valence-electron chi connectivity index (χ0n) is 19.4. The normalized spacial score (nSPS) is 16.1. The number of thioether (sulfide) groups is 2. The van der Waals surface area contributed by atoms with Crippen molar-refractivity contribution in [2.24, 2.45) is 0 Å². The molecule has 0 atom stereocenters. The highest BCUT2D eigenvalue weighted by molar-refractivity contribution is 8.23. The third kappa shape index (κ3) is 7.52. The first-order chi connectivity index (χ1) is 17.0. The predicted molar refractivity (Wildman–Crippen MR) is 149 cm³/mol. The van der Waals surface area contributed by atoms with Crippen LogP contribution in [0.1, 0.15) is 57.5 Å². The van der Waals surface area contributed by atoms with Gasteiger partial charge in [-0.05, 0) is 37.8 Å². The second-order valence-electron chi connectivity index (χ2n) is 8.40. The smallest absolute Gasteiger partial charge is 0.270 e. The molecule has 0 aromatic carbocycles. The van der Waals surface area contributed by atoms with Crippen LogP contribution in [0, 0.1) is 0 Å². The fraction of sp³-hybridized carbons (Fsp3) is 0.458. The van der Waals surface area contributed by atoms with Crippen molar-refractivity contribution in [2.45, 2.75) is 42.7 Å². The van der Waals surface area contributed by atoms with Crippen molar-refractivity contribution in [1.29, 1.82) is 0 Å². The van der Waals surface area contributed by atoms with E-state index in [-0.39, 0.29) is 17.7 Å². The van der Waals surface area contributed by atoms with Gasteiger partial charge in [-0.2, -0.15) is 0 Å². The summed E-state index contributed by atoms with van der Waals surface area (Å²) in [7, 11) is 0. The van der Waals surface area contributed by atoms with E-state index < -0.39 is 0 Å². The van der Waals surface area contributed by atoms with Crippen molar-refractivity contribution in [1.82, 2.24) is 25.5 Å². The molecule has 11 heteroatoms. The number of hydrogen-bond acceptors (Lipinski definition) is 8. The standard InChI is InChI=1S/C24H29N5O2S4/c1-2-13-33-22-18(4-3-9-26-22)23(31)29-11-7-16(8-12-29)21-28-19(15-35-21)20(30)25-10-14-34-24(32)27-17-5-6-17/h2-4,9,15-17H,1,5-8,10-14H2,(H,25,30)(H,27,32). The Kier molecular flexibility index (Phi) is 9.59. The van der Waals surface area contributed by atoms with Crippen LogP contribution in [0.15, 0.2) is 41.4 Å². The Labute approximate surface area is 223 Å². The number of aromatic nitrogens is 2. The van der Waals surface area contributed by atoms with Gasteiger partial charge < -0.3 is 15.5 Å². The molecule has 2 aliphatic rings. The van der Waals surface area contributed by atoms with Crippen LogP contribution < -0.4 is 10.6 Å². The number of pyridine rings is 1. The van der Waals surface area contributed by atoms with E-state index in [9.17, 15) is 9.59 Å². The summed E-state index contributed by atoms with van der Waals surface area (Å²) in [5, 5.41) is 9.75. The predicted octanol–water partition coefficient (Wildman–Crippen LogP) is 4.34. The lowest BCUT2D eigenvalue weighted by Gasteiger charge is -2.31. The van der Waals surface area contributed by atoms with Crippen LogP contribution in [-0.2, 0) is 0 Å². The Morgan fingerprint density at radius 3 is 2.83 bits per heavy atom. The Bertz CT molecular complexity index is 1060. The van der Waals surface area contributed by atoms with E-state index in [1.165, 1.54) is 35.9 Å². The summed E-state index contributed by atoms with van der Waals surface area (Å²) < 4.78 is 0.804. The van der Waals surface area contributed by atoms with Crippen LogP contribution in [0.4, 0.5) is 0 Å². The molecule has 3 heterocycles. The molecule has 2 aromatic heterocycles. The van der Waals surface area contributed by atoms with Crippen LogP contribution in [-0.4, -0.2) is 68.2 Å². The summed E-state index contributed by atoms with van der Waals surface area (Å²) in [4.78, 5) is 36.5. The van der Waals surface area contributed by atoms with Gasteiger partial charge in [0.05, 0.1) is 10.6 Å². The highest BCUT2D eigenvalue weighted by Gasteiger charge is 2.28. The number of carbonyl (C=O) groups is 2. The molecule has 0 spiro atoms. The van der Waals surface area contributed by atoms with Crippen molar-refractivity contribution in [3.05, 3.63) is 52.6 Å². The number of carbonyl (C=O) groups excluding carboxylic acids is 2. The number of thiocarbonyl (C=S) groups is 1. The maximum Gasteiger partial charge on any atom is 0.270 e. The molecule has 186 valence electrons. The molecule has 2 aromatic rings. The minimum absolute atomic E-state index is 0.0204. The first-order valence-electron chi connectivity index (χ1n) is 11.7. The van der Waals surface area contributed by atoms with Gasteiger partial charge in [0, 0.05) is 54.7 Å². The minimum atomic E-state index is -0.150. The summed E-state index contributed by atoms with van der Waals surface area (Å²) in [6, 6.07) is 4.20. The Balaban J connectivity index is 1.23. The van der Waals surface area contributed by atoms with Crippen molar-refractivity contribution in [2.75, 3.05) is 31.1 Å². The third-order valence-corrected chi connectivity index (χ3v) is 9.01. The zero-order valence-corrected chi connectivity index (χ0v) is 22.7. The second-order valence-corrected chi connectivity index (χ2v) is 12.1. The van der Waals surface area contributed by atoms with Gasteiger partial charge in [0.25, 0.3) is 11.8 Å². The van der Waals surface area contributed by atoms with Gasteiger partial charge in [0.15, 0.2) is 0 Å². The van der Waals surface area contributed by atoms with E-state index in [1.807, 2.05) is 22.4 Å². The second kappa shape index (κ2) is 12.8. The number of piperidine rings is 1. The molecule has 2 amide bonds. The summed E-state index contributed by atoms with van der Waals surface area (Å²) in [6.45, 7) is 5.62. The molecule has 35 heavy (non-hydrogen) atoms. The van der Waals surface area contributed by atoms with Crippen LogP contribution in [0.5, 0.6) is 0 Å². The summed E-state index contributed by atoms with van der Waals surface area (Å²) in [6.07, 6.45) is 7.57. The molecular formula is C24H29N5O2S4. The van der Waals surface area contributed by atoms with Gasteiger partial charge in [-0.1, -0.05) is 30.1 Å². The summed E-state index contributed by atoms with van der Waals surface area (Å²) >= 11 is 9.90. The number of amides is 2. The summed E-state index contributed by atoms with van der Waals surface area (Å²) in [5.41, 5.74) is 1.11. The average Bonchev–Trinajstić information content (AvgIpc) is 3.55. The highest BCUT2D eigenvalue weighted by atomic mass is 32.2. The van der Waals surface area contributed by atoms with Gasteiger partial charge in [0.2, 0.25) is 0 Å². The highest BCUT2D eigenvalue weighted by Crippen LogP contribution is 2.31. The molecular weight excluding hydrogens is 519 g/mol. The van der Waals surface area contributed by atoms with Crippen molar-refractivity contribution in [3.8, 4) is 0 Å². The molecule has 1 saturated carbocycles. The molecule has 1 aliphatic heterocycles. The third-order valence-electron chi connectivity index (χ3n) is 5.75. The van der Waals surface area contributed by atoms with Crippen molar-refractivity contribution < 1.29 is 9.59 Å². The molecule has 0 unspecified atom stereocenters. The van der Waals surface area contributed by atoms with Gasteiger partial charge >= 0.3 is 0 Å². The Hall–Kier alpha value is -1.95. The lowest BCUT2D eigenvalue weighted by molar-refractivity contribution is 0.0708. The van der Waals surface area contributed by atoms with E-state index in [2.05, 4.69) is 27.2 Å². The lowest BCUT2D eigenvalue weighted by Crippen LogP contribution is -2.38. The monoisotopic (exact) mass is 547 g/mol. The molecule has 2 N–H and O–H groups in total. The largest absolute Gasteiger partial charge is 0.368 e. The first kappa shape index (κ1) is 26.1. The van der Waals surface area contributed by atoms with Crippen molar-refractivity contribution >= 4 is 63.2 Å². The molecule has 2 fully saturated rings. The number of thiazole rings is 1. The molecule has 0 bridgehead atoms. The average molecular weight is 548 g/mol. The fourth-order valence-corrected chi connectivity index (χ4v) is 6.47. The molecule has 1 saturated heterocycles. The lowest BCUT2D eigenvalue weighted by atomic mass is 9.97. The first-order valence-corrected chi connectivity index (χ1v) is 15.0. The quantitative estimate of drug-likeness (QED) is 0.197. The van der Waals surface area contributed by atoms with E-state index >= 15 is 0 Å². The minimum Gasteiger partial charge on any atom is -0.368 e. The fourth-order valence-electron chi connectivity index (χ4n) is 3.72. The molecule has 7 nitrogen and oxygen atoms in total.